The van der Waals surface area contributed by atoms with E-state index in [1.807, 2.05) is 32.0 Å². The lowest BCUT2D eigenvalue weighted by Crippen LogP contribution is -2.47. The summed E-state index contributed by atoms with van der Waals surface area (Å²) in [6.45, 7) is 3.97. The molecular formula is C11H16N2O2. The Hall–Kier alpha value is -1.39. The van der Waals surface area contributed by atoms with Crippen LogP contribution in [0.1, 0.15) is 24.2 Å². The van der Waals surface area contributed by atoms with E-state index in [1.165, 1.54) is 0 Å². The molecule has 3 N–H and O–H groups in total. The van der Waals surface area contributed by atoms with Crippen LogP contribution in [0.25, 0.3) is 0 Å². The van der Waals surface area contributed by atoms with E-state index in [4.69, 9.17) is 5.90 Å². The minimum atomic E-state index is -0.471. The van der Waals surface area contributed by atoms with E-state index >= 15 is 0 Å². The number of hydrogen-bond donors (Lipinski definition) is 2. The van der Waals surface area contributed by atoms with Gasteiger partial charge >= 0.3 is 0 Å². The van der Waals surface area contributed by atoms with Gasteiger partial charge in [0.05, 0.1) is 12.1 Å². The molecule has 15 heavy (non-hydrogen) atoms. The number of hydrogen-bond acceptors (Lipinski definition) is 3. The number of benzene rings is 1. The standard InChI is InChI=1S/C11H16N2O2/c1-11(2,8-15-12)13-10(14)9-6-4-3-5-7-9/h3-7H,8,12H2,1-2H3,(H,13,14). The van der Waals surface area contributed by atoms with Gasteiger partial charge in [-0.3, -0.25) is 4.79 Å². The Bertz CT molecular complexity index is 323. The molecule has 0 heterocycles. The van der Waals surface area contributed by atoms with Crippen molar-refractivity contribution in [1.29, 1.82) is 0 Å². The molecule has 0 radical (unpaired) electrons. The molecule has 0 saturated heterocycles. The van der Waals surface area contributed by atoms with Crippen molar-refractivity contribution in [3.63, 3.8) is 0 Å². The van der Waals surface area contributed by atoms with E-state index in [2.05, 4.69) is 10.2 Å². The molecule has 4 heteroatoms. The third kappa shape index (κ3) is 3.69. The van der Waals surface area contributed by atoms with Gasteiger partial charge in [-0.25, -0.2) is 5.90 Å². The van der Waals surface area contributed by atoms with Crippen LogP contribution in [0.3, 0.4) is 0 Å². The summed E-state index contributed by atoms with van der Waals surface area (Å²) in [5.74, 6) is 4.85. The first-order valence-electron chi connectivity index (χ1n) is 4.74. The molecule has 1 amide bonds. The molecule has 1 aromatic rings. The predicted molar refractivity (Wildman–Crippen MR) is 58.1 cm³/mol. The quantitative estimate of drug-likeness (QED) is 0.728. The maximum Gasteiger partial charge on any atom is 0.251 e. The third-order valence-corrected chi connectivity index (χ3v) is 1.93. The van der Waals surface area contributed by atoms with Crippen molar-refractivity contribution < 1.29 is 9.63 Å². The lowest BCUT2D eigenvalue weighted by atomic mass is 10.1. The highest BCUT2D eigenvalue weighted by molar-refractivity contribution is 5.94. The summed E-state index contributed by atoms with van der Waals surface area (Å²) >= 11 is 0. The minimum absolute atomic E-state index is 0.127. The van der Waals surface area contributed by atoms with E-state index < -0.39 is 5.54 Å². The van der Waals surface area contributed by atoms with Crippen molar-refractivity contribution in [2.24, 2.45) is 5.90 Å². The fraction of sp³-hybridized carbons (Fsp3) is 0.364. The Morgan fingerprint density at radius 3 is 2.53 bits per heavy atom. The number of nitrogens with one attached hydrogen (secondary N) is 1. The average molecular weight is 208 g/mol. The van der Waals surface area contributed by atoms with Crippen molar-refractivity contribution >= 4 is 5.91 Å². The maximum atomic E-state index is 11.7. The Labute approximate surface area is 89.4 Å². The van der Waals surface area contributed by atoms with Crippen molar-refractivity contribution in [2.75, 3.05) is 6.61 Å². The van der Waals surface area contributed by atoms with Crippen LogP contribution in [0, 0.1) is 0 Å². The maximum absolute atomic E-state index is 11.7. The van der Waals surface area contributed by atoms with Crippen molar-refractivity contribution in [2.45, 2.75) is 19.4 Å². The van der Waals surface area contributed by atoms with E-state index in [0.717, 1.165) is 0 Å². The average Bonchev–Trinajstić information content (AvgIpc) is 2.18. The van der Waals surface area contributed by atoms with E-state index in [0.29, 0.717) is 5.56 Å². The molecule has 0 spiro atoms. The Morgan fingerprint density at radius 1 is 1.40 bits per heavy atom. The Kier molecular flexibility index (Phi) is 3.82. The summed E-state index contributed by atoms with van der Waals surface area (Å²) in [5.41, 5.74) is 0.157. The van der Waals surface area contributed by atoms with E-state index in [-0.39, 0.29) is 12.5 Å². The molecule has 0 aromatic heterocycles. The normalized spacial score (nSPS) is 11.1. The summed E-state index contributed by atoms with van der Waals surface area (Å²) in [6, 6.07) is 9.02. The molecule has 82 valence electrons. The van der Waals surface area contributed by atoms with Crippen LogP contribution in [0.4, 0.5) is 0 Å². The third-order valence-electron chi connectivity index (χ3n) is 1.93. The van der Waals surface area contributed by atoms with Crippen LogP contribution in [0.5, 0.6) is 0 Å². The van der Waals surface area contributed by atoms with Crippen LogP contribution in [-0.4, -0.2) is 18.1 Å². The lowest BCUT2D eigenvalue weighted by Gasteiger charge is -2.24. The first-order valence-corrected chi connectivity index (χ1v) is 4.74. The number of nitrogens with two attached hydrogens (primary N) is 1. The molecule has 4 nitrogen and oxygen atoms in total. The number of carbonyl (C=O) groups is 1. The van der Waals surface area contributed by atoms with Gasteiger partial charge in [-0.05, 0) is 26.0 Å². The molecule has 0 aliphatic carbocycles. The zero-order valence-electron chi connectivity index (χ0n) is 8.99. The lowest BCUT2D eigenvalue weighted by molar-refractivity contribution is 0.0687. The zero-order valence-corrected chi connectivity index (χ0v) is 8.99. The Morgan fingerprint density at radius 2 is 2.00 bits per heavy atom. The van der Waals surface area contributed by atoms with Crippen molar-refractivity contribution in [3.8, 4) is 0 Å². The SMILES string of the molecule is CC(C)(CON)NC(=O)c1ccccc1. The summed E-state index contributed by atoms with van der Waals surface area (Å²) in [5, 5.41) is 2.83. The largest absolute Gasteiger partial charge is 0.345 e. The fourth-order valence-corrected chi connectivity index (χ4v) is 1.21. The van der Waals surface area contributed by atoms with Crippen LogP contribution in [-0.2, 0) is 4.84 Å². The topological polar surface area (TPSA) is 64.3 Å². The van der Waals surface area contributed by atoms with Crippen LogP contribution >= 0.6 is 0 Å². The van der Waals surface area contributed by atoms with E-state index in [1.54, 1.807) is 12.1 Å². The van der Waals surface area contributed by atoms with Gasteiger partial charge in [0.25, 0.3) is 5.91 Å². The summed E-state index contributed by atoms with van der Waals surface area (Å²) in [7, 11) is 0. The van der Waals surface area contributed by atoms with Crippen LogP contribution < -0.4 is 11.2 Å². The molecule has 0 aliphatic heterocycles. The second-order valence-electron chi connectivity index (χ2n) is 4.02. The first-order chi connectivity index (χ1) is 7.05. The molecule has 1 aromatic carbocycles. The molecule has 0 aliphatic rings. The molecule has 1 rings (SSSR count). The molecule has 0 saturated carbocycles. The molecule has 0 unspecified atom stereocenters. The highest BCUT2D eigenvalue weighted by Crippen LogP contribution is 2.05. The second kappa shape index (κ2) is 4.91. The smallest absolute Gasteiger partial charge is 0.251 e. The molecule has 0 atom stereocenters. The minimum Gasteiger partial charge on any atom is -0.345 e. The van der Waals surface area contributed by atoms with Crippen LogP contribution in [0.2, 0.25) is 0 Å². The van der Waals surface area contributed by atoms with Gasteiger partial charge in [-0.15, -0.1) is 0 Å². The predicted octanol–water partition coefficient (Wildman–Crippen LogP) is 1.09. The van der Waals surface area contributed by atoms with Gasteiger partial charge < -0.3 is 10.2 Å². The Balaban J connectivity index is 2.64. The van der Waals surface area contributed by atoms with Gasteiger partial charge in [0.1, 0.15) is 0 Å². The number of amides is 1. The van der Waals surface area contributed by atoms with Crippen molar-refractivity contribution in [3.05, 3.63) is 35.9 Å². The van der Waals surface area contributed by atoms with Gasteiger partial charge in [0, 0.05) is 5.56 Å². The van der Waals surface area contributed by atoms with Crippen molar-refractivity contribution in [1.82, 2.24) is 5.32 Å². The van der Waals surface area contributed by atoms with Gasteiger partial charge in [-0.1, -0.05) is 18.2 Å². The van der Waals surface area contributed by atoms with Gasteiger partial charge in [0.15, 0.2) is 0 Å². The summed E-state index contributed by atoms with van der Waals surface area (Å²) in [4.78, 5) is 16.3. The van der Waals surface area contributed by atoms with Gasteiger partial charge in [-0.2, -0.15) is 0 Å². The highest BCUT2D eigenvalue weighted by Gasteiger charge is 2.20. The number of carbonyl (C=O) groups excluding carboxylic acids is 1. The molecule has 0 fully saturated rings. The summed E-state index contributed by atoms with van der Waals surface area (Å²) < 4.78 is 0. The first kappa shape index (κ1) is 11.7. The molecule has 0 bridgehead atoms. The van der Waals surface area contributed by atoms with Crippen LogP contribution in [0.15, 0.2) is 30.3 Å². The molecular weight excluding hydrogens is 192 g/mol. The second-order valence-corrected chi connectivity index (χ2v) is 4.02. The van der Waals surface area contributed by atoms with E-state index in [9.17, 15) is 4.79 Å². The number of rotatable bonds is 4. The monoisotopic (exact) mass is 208 g/mol. The summed E-state index contributed by atoms with van der Waals surface area (Å²) in [6.07, 6.45) is 0. The van der Waals surface area contributed by atoms with Gasteiger partial charge in [0.2, 0.25) is 0 Å². The highest BCUT2D eigenvalue weighted by atomic mass is 16.6. The fourth-order valence-electron chi connectivity index (χ4n) is 1.21. The zero-order chi connectivity index (χ0) is 11.3.